The van der Waals surface area contributed by atoms with Gasteiger partial charge in [0, 0.05) is 25.8 Å². The molecule has 2 aromatic heterocycles. The van der Waals surface area contributed by atoms with Gasteiger partial charge in [-0.25, -0.2) is 0 Å². The molecule has 24 heavy (non-hydrogen) atoms. The van der Waals surface area contributed by atoms with Crippen molar-refractivity contribution in [2.75, 3.05) is 24.5 Å². The minimum atomic E-state index is -0.456. The van der Waals surface area contributed by atoms with E-state index in [0.29, 0.717) is 19.6 Å². The van der Waals surface area contributed by atoms with E-state index in [1.165, 1.54) is 11.3 Å². The number of hydrogen-bond donors (Lipinski definition) is 0. The molecule has 2 fully saturated rings. The summed E-state index contributed by atoms with van der Waals surface area (Å²) in [5, 5.41) is 1.91. The number of carbonyl (C=O) groups is 2. The van der Waals surface area contributed by atoms with Gasteiger partial charge in [-0.3, -0.25) is 14.6 Å². The van der Waals surface area contributed by atoms with E-state index in [1.54, 1.807) is 12.4 Å². The number of carbonyl (C=O) groups excluding carboxylic acids is 2. The first-order valence-electron chi connectivity index (χ1n) is 8.16. The maximum absolute atomic E-state index is 13.2. The van der Waals surface area contributed by atoms with Gasteiger partial charge in [0.15, 0.2) is 0 Å². The predicted octanol–water partition coefficient (Wildman–Crippen LogP) is 2.66. The topological polar surface area (TPSA) is 53.5 Å². The van der Waals surface area contributed by atoms with Crippen LogP contribution in [0.5, 0.6) is 0 Å². The van der Waals surface area contributed by atoms with E-state index in [1.807, 2.05) is 39.4 Å². The molecule has 0 aliphatic carbocycles. The number of amides is 2. The lowest BCUT2D eigenvalue weighted by Crippen LogP contribution is -2.40. The molecule has 2 saturated heterocycles. The van der Waals surface area contributed by atoms with Crippen LogP contribution in [-0.2, 0) is 4.79 Å². The fourth-order valence-corrected chi connectivity index (χ4v) is 4.62. The molecule has 124 valence electrons. The van der Waals surface area contributed by atoms with Crippen molar-refractivity contribution in [3.63, 3.8) is 0 Å². The number of rotatable bonds is 2. The Morgan fingerprint density at radius 3 is 2.96 bits per heavy atom. The molecule has 2 aliphatic rings. The summed E-state index contributed by atoms with van der Waals surface area (Å²) in [6, 6.07) is 7.50. The summed E-state index contributed by atoms with van der Waals surface area (Å²) >= 11 is 1.45. The maximum Gasteiger partial charge on any atom is 0.263 e. The lowest BCUT2D eigenvalue weighted by molar-refractivity contribution is -0.126. The predicted molar refractivity (Wildman–Crippen MR) is 93.0 cm³/mol. The third-order valence-electron chi connectivity index (χ3n) is 5.34. The fourth-order valence-electron chi connectivity index (χ4n) is 3.93. The Morgan fingerprint density at radius 1 is 1.38 bits per heavy atom. The van der Waals surface area contributed by atoms with Crippen LogP contribution in [0.1, 0.15) is 23.0 Å². The summed E-state index contributed by atoms with van der Waals surface area (Å²) in [4.78, 5) is 34.3. The van der Waals surface area contributed by atoms with Gasteiger partial charge in [0.1, 0.15) is 0 Å². The molecule has 6 heteroatoms. The molecule has 2 aromatic rings. The van der Waals surface area contributed by atoms with E-state index < -0.39 is 5.41 Å². The Morgan fingerprint density at radius 2 is 2.25 bits per heavy atom. The van der Waals surface area contributed by atoms with Crippen molar-refractivity contribution in [3.05, 3.63) is 46.9 Å². The van der Waals surface area contributed by atoms with E-state index in [4.69, 9.17) is 0 Å². The highest BCUT2D eigenvalue weighted by molar-refractivity contribution is 7.12. The second kappa shape index (κ2) is 5.70. The first kappa shape index (κ1) is 15.3. The van der Waals surface area contributed by atoms with Crippen LogP contribution in [0, 0.1) is 11.3 Å². The average molecular weight is 341 g/mol. The van der Waals surface area contributed by atoms with Crippen LogP contribution >= 0.6 is 11.3 Å². The summed E-state index contributed by atoms with van der Waals surface area (Å²) in [5.41, 5.74) is 0.387. The maximum atomic E-state index is 13.2. The summed E-state index contributed by atoms with van der Waals surface area (Å²) in [6.45, 7) is 3.94. The van der Waals surface area contributed by atoms with Crippen LogP contribution in [0.2, 0.25) is 0 Å². The Kier molecular flexibility index (Phi) is 3.64. The first-order valence-corrected chi connectivity index (χ1v) is 9.04. The molecule has 0 unspecified atom stereocenters. The normalized spacial score (nSPS) is 26.5. The molecular weight excluding hydrogens is 322 g/mol. The molecule has 2 aliphatic heterocycles. The summed E-state index contributed by atoms with van der Waals surface area (Å²) in [7, 11) is 0. The third kappa shape index (κ3) is 2.24. The lowest BCUT2D eigenvalue weighted by Gasteiger charge is -2.26. The van der Waals surface area contributed by atoms with Crippen LogP contribution in [0.15, 0.2) is 42.0 Å². The Balaban J connectivity index is 1.58. The van der Waals surface area contributed by atoms with Crippen molar-refractivity contribution in [1.82, 2.24) is 9.88 Å². The second-order valence-corrected chi connectivity index (χ2v) is 7.59. The number of hydrogen-bond acceptors (Lipinski definition) is 4. The molecule has 4 heterocycles. The standard InChI is InChI=1S/C18H19N3O2S/c1-13-11-20(16(22)15-5-3-9-24-15)12-18(13)6-8-21(17(18)23)14-4-2-7-19-10-14/h2-5,7,9-10,13H,6,8,11-12H2,1H3/t13-,18+/m1/s1. The highest BCUT2D eigenvalue weighted by Gasteiger charge is 2.56. The van der Waals surface area contributed by atoms with Crippen molar-refractivity contribution in [2.24, 2.45) is 11.3 Å². The molecule has 0 bridgehead atoms. The van der Waals surface area contributed by atoms with E-state index in [-0.39, 0.29) is 17.7 Å². The van der Waals surface area contributed by atoms with Crippen molar-refractivity contribution in [1.29, 1.82) is 0 Å². The first-order chi connectivity index (χ1) is 11.6. The molecule has 0 N–H and O–H groups in total. The zero-order chi connectivity index (χ0) is 16.7. The van der Waals surface area contributed by atoms with Crippen LogP contribution in [0.3, 0.4) is 0 Å². The van der Waals surface area contributed by atoms with Crippen LogP contribution in [-0.4, -0.2) is 41.3 Å². The molecule has 5 nitrogen and oxygen atoms in total. The van der Waals surface area contributed by atoms with Crippen LogP contribution < -0.4 is 4.90 Å². The van der Waals surface area contributed by atoms with Gasteiger partial charge in [-0.1, -0.05) is 13.0 Å². The largest absolute Gasteiger partial charge is 0.337 e. The number of thiophene rings is 1. The highest BCUT2D eigenvalue weighted by atomic mass is 32.1. The van der Waals surface area contributed by atoms with Gasteiger partial charge >= 0.3 is 0 Å². The van der Waals surface area contributed by atoms with E-state index in [9.17, 15) is 9.59 Å². The molecule has 0 aromatic carbocycles. The van der Waals surface area contributed by atoms with Crippen molar-refractivity contribution in [2.45, 2.75) is 13.3 Å². The van der Waals surface area contributed by atoms with Crippen LogP contribution in [0.4, 0.5) is 5.69 Å². The Labute approximate surface area is 144 Å². The lowest BCUT2D eigenvalue weighted by atomic mass is 9.78. The van der Waals surface area contributed by atoms with Crippen molar-refractivity contribution in [3.8, 4) is 0 Å². The van der Waals surface area contributed by atoms with Gasteiger partial charge in [0.25, 0.3) is 5.91 Å². The van der Waals surface area contributed by atoms with Crippen molar-refractivity contribution >= 4 is 28.8 Å². The number of anilines is 1. The zero-order valence-corrected chi connectivity index (χ0v) is 14.3. The van der Waals surface area contributed by atoms with Gasteiger partial charge in [0.05, 0.1) is 22.2 Å². The van der Waals surface area contributed by atoms with Gasteiger partial charge in [-0.15, -0.1) is 11.3 Å². The Hall–Kier alpha value is -2.21. The fraction of sp³-hybridized carbons (Fsp3) is 0.389. The van der Waals surface area contributed by atoms with Gasteiger partial charge in [-0.05, 0) is 35.9 Å². The quantitative estimate of drug-likeness (QED) is 0.844. The molecular formula is C18H19N3O2S. The number of aromatic nitrogens is 1. The number of nitrogens with zero attached hydrogens (tertiary/aromatic N) is 3. The highest BCUT2D eigenvalue weighted by Crippen LogP contribution is 2.46. The minimum Gasteiger partial charge on any atom is -0.337 e. The van der Waals surface area contributed by atoms with Crippen molar-refractivity contribution < 1.29 is 9.59 Å². The number of likely N-dealkylation sites (tertiary alicyclic amines) is 1. The summed E-state index contributed by atoms with van der Waals surface area (Å²) in [5.74, 6) is 0.335. The smallest absolute Gasteiger partial charge is 0.263 e. The van der Waals surface area contributed by atoms with Gasteiger partial charge in [0.2, 0.25) is 5.91 Å². The van der Waals surface area contributed by atoms with E-state index >= 15 is 0 Å². The van der Waals surface area contributed by atoms with Crippen LogP contribution in [0.25, 0.3) is 0 Å². The average Bonchev–Trinajstić information content (AvgIpc) is 3.31. The SMILES string of the molecule is C[C@@H]1CN(C(=O)c2cccs2)C[C@@]12CCN(c1cccnc1)C2=O. The number of pyridine rings is 1. The van der Waals surface area contributed by atoms with Gasteiger partial charge < -0.3 is 9.80 Å². The second-order valence-electron chi connectivity index (χ2n) is 6.64. The third-order valence-corrected chi connectivity index (χ3v) is 6.20. The Bertz CT molecular complexity index is 762. The monoisotopic (exact) mass is 341 g/mol. The summed E-state index contributed by atoms with van der Waals surface area (Å²) in [6.07, 6.45) is 4.22. The van der Waals surface area contributed by atoms with E-state index in [0.717, 1.165) is 17.0 Å². The molecule has 4 rings (SSSR count). The zero-order valence-electron chi connectivity index (χ0n) is 13.5. The van der Waals surface area contributed by atoms with Gasteiger partial charge in [-0.2, -0.15) is 0 Å². The summed E-state index contributed by atoms with van der Waals surface area (Å²) < 4.78 is 0. The molecule has 2 atom stereocenters. The molecule has 1 spiro atoms. The molecule has 2 amide bonds. The molecule has 0 radical (unpaired) electrons. The molecule has 0 saturated carbocycles. The van der Waals surface area contributed by atoms with E-state index in [2.05, 4.69) is 11.9 Å². The minimum absolute atomic E-state index is 0.0429.